The van der Waals surface area contributed by atoms with Crippen LogP contribution in [-0.4, -0.2) is 42.2 Å². The van der Waals surface area contributed by atoms with Gasteiger partial charge in [-0.1, -0.05) is 70.5 Å². The van der Waals surface area contributed by atoms with Gasteiger partial charge in [-0.15, -0.1) is 6.58 Å². The molecule has 186 valence electrons. The summed E-state index contributed by atoms with van der Waals surface area (Å²) < 4.78 is 13.0. The molecule has 0 aromatic heterocycles. The minimum Gasteiger partial charge on any atom is -0.494 e. The Morgan fingerprint density at radius 2 is 1.83 bits per heavy atom. The summed E-state index contributed by atoms with van der Waals surface area (Å²) in [5, 5.41) is 11.9. The molecule has 3 aromatic rings. The molecule has 0 saturated carbocycles. The number of carbonyl (C=O) groups excluding carboxylic acids is 1. The Morgan fingerprint density at radius 1 is 1.11 bits per heavy atom. The number of halogens is 1. The largest absolute Gasteiger partial charge is 0.494 e. The van der Waals surface area contributed by atoms with Crippen molar-refractivity contribution in [2.45, 2.75) is 24.5 Å². The van der Waals surface area contributed by atoms with Crippen molar-refractivity contribution in [3.63, 3.8) is 0 Å². The van der Waals surface area contributed by atoms with Gasteiger partial charge in [0.15, 0.2) is 11.6 Å². The standard InChI is InChI=1S/C29H29BrN2O4/c1-2-17-31-28(34)29(20-23-11-6-7-12-25(23)30)26(21-9-4-3-5-10-21)36-27(32-29)22-13-15-24(16-14-22)35-19-8-18-33/h2-7,9-16,26,33H,1,8,17-20H2,(H,31,34)/t26-,29-/m1/s1. The summed E-state index contributed by atoms with van der Waals surface area (Å²) in [6.45, 7) is 4.57. The highest BCUT2D eigenvalue weighted by Crippen LogP contribution is 2.43. The molecular weight excluding hydrogens is 520 g/mol. The van der Waals surface area contributed by atoms with Crippen molar-refractivity contribution in [1.82, 2.24) is 5.32 Å². The van der Waals surface area contributed by atoms with Crippen molar-refractivity contribution in [1.29, 1.82) is 0 Å². The van der Waals surface area contributed by atoms with Crippen LogP contribution in [-0.2, 0) is 16.0 Å². The molecule has 2 atom stereocenters. The Labute approximate surface area is 219 Å². The first-order chi connectivity index (χ1) is 17.6. The fourth-order valence-corrected chi connectivity index (χ4v) is 4.59. The van der Waals surface area contributed by atoms with Crippen molar-refractivity contribution in [3.05, 3.63) is 113 Å². The Hall–Kier alpha value is -3.42. The lowest BCUT2D eigenvalue weighted by Gasteiger charge is -2.31. The molecule has 0 radical (unpaired) electrons. The van der Waals surface area contributed by atoms with E-state index in [2.05, 4.69) is 27.8 Å². The van der Waals surface area contributed by atoms with Gasteiger partial charge in [0.25, 0.3) is 5.91 Å². The average molecular weight is 549 g/mol. The van der Waals surface area contributed by atoms with Gasteiger partial charge in [0.1, 0.15) is 5.75 Å². The maximum Gasteiger partial charge on any atom is 0.252 e. The summed E-state index contributed by atoms with van der Waals surface area (Å²) in [5.74, 6) is 0.853. The number of nitrogens with zero attached hydrogens (tertiary/aromatic N) is 1. The predicted molar refractivity (Wildman–Crippen MR) is 144 cm³/mol. The molecule has 0 saturated heterocycles. The van der Waals surface area contributed by atoms with E-state index in [4.69, 9.17) is 19.6 Å². The third-order valence-electron chi connectivity index (χ3n) is 5.96. The first-order valence-electron chi connectivity index (χ1n) is 11.9. The number of nitrogens with one attached hydrogen (secondary N) is 1. The number of hydrogen-bond acceptors (Lipinski definition) is 5. The van der Waals surface area contributed by atoms with Gasteiger partial charge in [-0.2, -0.15) is 0 Å². The van der Waals surface area contributed by atoms with E-state index in [-0.39, 0.29) is 12.5 Å². The molecule has 3 aromatic carbocycles. The lowest BCUT2D eigenvalue weighted by Crippen LogP contribution is -2.50. The molecule has 0 aliphatic carbocycles. The van der Waals surface area contributed by atoms with Crippen LogP contribution in [0.15, 0.2) is 101 Å². The third kappa shape index (κ3) is 5.69. The van der Waals surface area contributed by atoms with Gasteiger partial charge in [-0.05, 0) is 41.5 Å². The van der Waals surface area contributed by atoms with Crippen LogP contribution in [0.5, 0.6) is 5.75 Å². The number of benzene rings is 3. The number of rotatable bonds is 11. The summed E-state index contributed by atoms with van der Waals surface area (Å²) in [6.07, 6.45) is 1.92. The number of aliphatic imine (C=N–C) groups is 1. The smallest absolute Gasteiger partial charge is 0.252 e. The highest BCUT2D eigenvalue weighted by molar-refractivity contribution is 9.10. The van der Waals surface area contributed by atoms with Crippen LogP contribution in [0.25, 0.3) is 0 Å². The topological polar surface area (TPSA) is 80.2 Å². The minimum absolute atomic E-state index is 0.0805. The summed E-state index contributed by atoms with van der Waals surface area (Å²) in [6, 6.07) is 24.9. The monoisotopic (exact) mass is 548 g/mol. The van der Waals surface area contributed by atoms with Gasteiger partial charge in [-0.25, -0.2) is 4.99 Å². The van der Waals surface area contributed by atoms with E-state index in [1.165, 1.54) is 0 Å². The minimum atomic E-state index is -1.24. The lowest BCUT2D eigenvalue weighted by atomic mass is 9.82. The maximum atomic E-state index is 13.8. The predicted octanol–water partition coefficient (Wildman–Crippen LogP) is 5.01. The maximum absolute atomic E-state index is 13.8. The summed E-state index contributed by atoms with van der Waals surface area (Å²) in [5.41, 5.74) is 1.32. The number of hydrogen-bond donors (Lipinski definition) is 2. The van der Waals surface area contributed by atoms with Gasteiger partial charge in [0, 0.05) is 36.0 Å². The van der Waals surface area contributed by atoms with Crippen molar-refractivity contribution in [3.8, 4) is 5.75 Å². The molecule has 1 heterocycles. The number of aliphatic hydroxyl groups is 1. The van der Waals surface area contributed by atoms with E-state index in [1.807, 2.05) is 78.9 Å². The van der Waals surface area contributed by atoms with Crippen LogP contribution in [0, 0.1) is 0 Å². The number of aliphatic hydroxyl groups excluding tert-OH is 1. The van der Waals surface area contributed by atoms with Crippen molar-refractivity contribution in [2.75, 3.05) is 19.8 Å². The van der Waals surface area contributed by atoms with Crippen LogP contribution >= 0.6 is 15.9 Å². The van der Waals surface area contributed by atoms with E-state index in [0.717, 1.165) is 21.2 Å². The zero-order chi connectivity index (χ0) is 25.4. The highest BCUT2D eigenvalue weighted by atomic mass is 79.9. The Balaban J connectivity index is 1.77. The summed E-state index contributed by atoms with van der Waals surface area (Å²) in [7, 11) is 0. The van der Waals surface area contributed by atoms with E-state index in [1.54, 1.807) is 6.08 Å². The van der Waals surface area contributed by atoms with Crippen LogP contribution < -0.4 is 10.1 Å². The molecule has 1 aliphatic heterocycles. The van der Waals surface area contributed by atoms with Crippen LogP contribution in [0.2, 0.25) is 0 Å². The number of amides is 1. The van der Waals surface area contributed by atoms with Crippen LogP contribution in [0.1, 0.15) is 29.2 Å². The third-order valence-corrected chi connectivity index (χ3v) is 6.73. The van der Waals surface area contributed by atoms with Crippen molar-refractivity contribution >= 4 is 27.7 Å². The normalized spacial score (nSPS) is 18.7. The Morgan fingerprint density at radius 3 is 2.53 bits per heavy atom. The van der Waals surface area contributed by atoms with Gasteiger partial charge < -0.3 is 19.9 Å². The summed E-state index contributed by atoms with van der Waals surface area (Å²) >= 11 is 3.63. The molecular formula is C29H29BrN2O4. The molecule has 0 fully saturated rings. The van der Waals surface area contributed by atoms with Crippen molar-refractivity contribution < 1.29 is 19.4 Å². The SMILES string of the molecule is C=CCNC(=O)[C@]1(Cc2ccccc2Br)N=C(c2ccc(OCCCO)cc2)O[C@@H]1c1ccccc1. The Kier molecular flexibility index (Phi) is 8.57. The molecule has 36 heavy (non-hydrogen) atoms. The zero-order valence-electron chi connectivity index (χ0n) is 19.9. The molecule has 0 bridgehead atoms. The molecule has 0 spiro atoms. The molecule has 1 aliphatic rings. The Bertz CT molecular complexity index is 1210. The van der Waals surface area contributed by atoms with Gasteiger partial charge >= 0.3 is 0 Å². The first kappa shape index (κ1) is 25.7. The van der Waals surface area contributed by atoms with E-state index >= 15 is 0 Å². The fraction of sp³-hybridized carbons (Fsp3) is 0.241. The average Bonchev–Trinajstić information content (AvgIpc) is 3.30. The van der Waals surface area contributed by atoms with Crippen molar-refractivity contribution in [2.24, 2.45) is 4.99 Å². The second-order valence-corrected chi connectivity index (χ2v) is 9.32. The molecule has 0 unspecified atom stereocenters. The molecule has 2 N–H and O–H groups in total. The first-order valence-corrected chi connectivity index (χ1v) is 12.6. The number of carbonyl (C=O) groups is 1. The quantitative estimate of drug-likeness (QED) is 0.260. The second-order valence-electron chi connectivity index (χ2n) is 8.47. The summed E-state index contributed by atoms with van der Waals surface area (Å²) in [4.78, 5) is 18.8. The molecule has 1 amide bonds. The second kappa shape index (κ2) is 12.0. The lowest BCUT2D eigenvalue weighted by molar-refractivity contribution is -0.128. The number of ether oxygens (including phenoxy) is 2. The van der Waals surface area contributed by atoms with Crippen LogP contribution in [0.3, 0.4) is 0 Å². The van der Waals surface area contributed by atoms with E-state index in [0.29, 0.717) is 37.6 Å². The van der Waals surface area contributed by atoms with Crippen LogP contribution in [0.4, 0.5) is 0 Å². The molecule has 6 nitrogen and oxygen atoms in total. The molecule has 4 rings (SSSR count). The van der Waals surface area contributed by atoms with E-state index in [9.17, 15) is 4.79 Å². The van der Waals surface area contributed by atoms with Gasteiger partial charge in [-0.3, -0.25) is 4.79 Å². The van der Waals surface area contributed by atoms with E-state index < -0.39 is 11.6 Å². The highest BCUT2D eigenvalue weighted by Gasteiger charge is 2.53. The van der Waals surface area contributed by atoms with Gasteiger partial charge in [0.05, 0.1) is 6.61 Å². The molecule has 7 heteroatoms. The van der Waals surface area contributed by atoms with Gasteiger partial charge in [0.2, 0.25) is 5.90 Å². The zero-order valence-corrected chi connectivity index (χ0v) is 21.5. The fourth-order valence-electron chi connectivity index (χ4n) is 4.16.